The van der Waals surface area contributed by atoms with Gasteiger partial charge in [-0.3, -0.25) is 10.1 Å². The Labute approximate surface area is 134 Å². The van der Waals surface area contributed by atoms with Gasteiger partial charge in [-0.2, -0.15) is 0 Å². The Bertz CT molecular complexity index is 686. The number of rotatable bonds is 3. The third kappa shape index (κ3) is 4.11. The molecule has 0 fully saturated rings. The van der Waals surface area contributed by atoms with Crippen LogP contribution in [0, 0.1) is 5.82 Å². The SMILES string of the molecule is CC(C)c1cc(F)ccc1NC(=S)NC(=O)c1ccccc1. The summed E-state index contributed by atoms with van der Waals surface area (Å²) in [6, 6.07) is 13.2. The lowest BCUT2D eigenvalue weighted by molar-refractivity contribution is 0.0977. The smallest absolute Gasteiger partial charge is 0.257 e. The van der Waals surface area contributed by atoms with E-state index in [2.05, 4.69) is 10.6 Å². The molecule has 22 heavy (non-hydrogen) atoms. The van der Waals surface area contributed by atoms with Gasteiger partial charge in [-0.05, 0) is 54.0 Å². The molecule has 3 nitrogen and oxygen atoms in total. The molecule has 0 aliphatic carbocycles. The van der Waals surface area contributed by atoms with Crippen LogP contribution in [0.15, 0.2) is 48.5 Å². The predicted molar refractivity (Wildman–Crippen MR) is 90.6 cm³/mol. The van der Waals surface area contributed by atoms with Crippen LogP contribution in [0.2, 0.25) is 0 Å². The molecule has 5 heteroatoms. The number of hydrogen-bond acceptors (Lipinski definition) is 2. The maximum atomic E-state index is 13.3. The van der Waals surface area contributed by atoms with Crippen molar-refractivity contribution in [1.29, 1.82) is 0 Å². The zero-order valence-electron chi connectivity index (χ0n) is 12.4. The number of hydrogen-bond donors (Lipinski definition) is 2. The number of anilines is 1. The zero-order chi connectivity index (χ0) is 16.1. The van der Waals surface area contributed by atoms with Crippen LogP contribution < -0.4 is 10.6 Å². The molecule has 0 heterocycles. The van der Waals surface area contributed by atoms with Gasteiger partial charge in [0.1, 0.15) is 5.82 Å². The molecule has 2 aromatic carbocycles. The van der Waals surface area contributed by atoms with Crippen LogP contribution in [0.5, 0.6) is 0 Å². The van der Waals surface area contributed by atoms with Crippen molar-refractivity contribution in [2.24, 2.45) is 0 Å². The third-order valence-electron chi connectivity index (χ3n) is 3.15. The minimum Gasteiger partial charge on any atom is -0.332 e. The van der Waals surface area contributed by atoms with Gasteiger partial charge >= 0.3 is 0 Å². The van der Waals surface area contributed by atoms with Crippen molar-refractivity contribution in [1.82, 2.24) is 5.32 Å². The van der Waals surface area contributed by atoms with Crippen LogP contribution >= 0.6 is 12.2 Å². The maximum Gasteiger partial charge on any atom is 0.257 e. The molecule has 2 rings (SSSR count). The molecular weight excluding hydrogens is 299 g/mol. The van der Waals surface area contributed by atoms with E-state index in [0.29, 0.717) is 11.3 Å². The topological polar surface area (TPSA) is 41.1 Å². The summed E-state index contributed by atoms with van der Waals surface area (Å²) in [6.07, 6.45) is 0. The second-order valence-electron chi connectivity index (χ2n) is 5.16. The van der Waals surface area contributed by atoms with E-state index in [1.807, 2.05) is 19.9 Å². The van der Waals surface area contributed by atoms with Crippen molar-refractivity contribution in [3.05, 3.63) is 65.5 Å². The van der Waals surface area contributed by atoms with E-state index in [9.17, 15) is 9.18 Å². The fourth-order valence-electron chi connectivity index (χ4n) is 2.04. The maximum absolute atomic E-state index is 13.3. The molecule has 1 amide bonds. The minimum absolute atomic E-state index is 0.130. The normalized spacial score (nSPS) is 10.4. The Kier molecular flexibility index (Phi) is 5.22. The summed E-state index contributed by atoms with van der Waals surface area (Å²) < 4.78 is 13.3. The third-order valence-corrected chi connectivity index (χ3v) is 3.35. The molecule has 0 unspecified atom stereocenters. The molecule has 0 radical (unpaired) electrons. The van der Waals surface area contributed by atoms with E-state index in [0.717, 1.165) is 5.56 Å². The molecule has 2 N–H and O–H groups in total. The molecular formula is C17H17FN2OS. The fraction of sp³-hybridized carbons (Fsp3) is 0.176. The number of carbonyl (C=O) groups excluding carboxylic acids is 1. The highest BCUT2D eigenvalue weighted by Crippen LogP contribution is 2.25. The van der Waals surface area contributed by atoms with Crippen LogP contribution in [0.3, 0.4) is 0 Å². The lowest BCUT2D eigenvalue weighted by Gasteiger charge is -2.15. The fourth-order valence-corrected chi connectivity index (χ4v) is 2.25. The Hall–Kier alpha value is -2.27. The summed E-state index contributed by atoms with van der Waals surface area (Å²) in [7, 11) is 0. The molecule has 0 aliphatic rings. The van der Waals surface area contributed by atoms with E-state index in [-0.39, 0.29) is 22.8 Å². The van der Waals surface area contributed by atoms with Crippen LogP contribution in [0.25, 0.3) is 0 Å². The minimum atomic E-state index is -0.298. The van der Waals surface area contributed by atoms with Gasteiger partial charge < -0.3 is 5.32 Å². The first-order valence-corrected chi connectivity index (χ1v) is 7.35. The average Bonchev–Trinajstić information content (AvgIpc) is 2.49. The molecule has 0 bridgehead atoms. The van der Waals surface area contributed by atoms with Crippen molar-refractivity contribution in [3.63, 3.8) is 0 Å². The quantitative estimate of drug-likeness (QED) is 0.839. The van der Waals surface area contributed by atoms with Gasteiger partial charge in [-0.15, -0.1) is 0 Å². The lowest BCUT2D eigenvalue weighted by atomic mass is 10.0. The van der Waals surface area contributed by atoms with Gasteiger partial charge in [0.05, 0.1) is 0 Å². The van der Waals surface area contributed by atoms with E-state index >= 15 is 0 Å². The van der Waals surface area contributed by atoms with Gasteiger partial charge in [0.2, 0.25) is 0 Å². The first-order chi connectivity index (χ1) is 10.5. The Balaban J connectivity index is 2.08. The summed E-state index contributed by atoms with van der Waals surface area (Å²) in [4.78, 5) is 12.0. The molecule has 0 saturated heterocycles. The van der Waals surface area contributed by atoms with Crippen molar-refractivity contribution < 1.29 is 9.18 Å². The van der Waals surface area contributed by atoms with Crippen LogP contribution in [0.4, 0.5) is 10.1 Å². The van der Waals surface area contributed by atoms with E-state index < -0.39 is 0 Å². The molecule has 0 saturated carbocycles. The Morgan fingerprint density at radius 2 is 1.82 bits per heavy atom. The second-order valence-corrected chi connectivity index (χ2v) is 5.57. The van der Waals surface area contributed by atoms with E-state index in [1.165, 1.54) is 12.1 Å². The number of halogens is 1. The van der Waals surface area contributed by atoms with Crippen LogP contribution in [0.1, 0.15) is 35.7 Å². The highest BCUT2D eigenvalue weighted by molar-refractivity contribution is 7.80. The first-order valence-electron chi connectivity index (χ1n) is 6.94. The van der Waals surface area contributed by atoms with Crippen LogP contribution in [-0.4, -0.2) is 11.0 Å². The number of nitrogens with one attached hydrogen (secondary N) is 2. The average molecular weight is 316 g/mol. The lowest BCUT2D eigenvalue weighted by Crippen LogP contribution is -2.34. The second kappa shape index (κ2) is 7.13. The van der Waals surface area contributed by atoms with Crippen molar-refractivity contribution in [2.75, 3.05) is 5.32 Å². The Morgan fingerprint density at radius 1 is 1.14 bits per heavy atom. The molecule has 0 aromatic heterocycles. The summed E-state index contributed by atoms with van der Waals surface area (Å²) in [5.41, 5.74) is 2.01. The van der Waals surface area contributed by atoms with Gasteiger partial charge in [0.25, 0.3) is 5.91 Å². The summed E-state index contributed by atoms with van der Waals surface area (Å²) in [5, 5.41) is 5.75. The zero-order valence-corrected chi connectivity index (χ0v) is 13.2. The molecule has 0 aliphatic heterocycles. The molecule has 2 aromatic rings. The number of amides is 1. The van der Waals surface area contributed by atoms with Gasteiger partial charge in [-0.1, -0.05) is 32.0 Å². The monoisotopic (exact) mass is 316 g/mol. The van der Waals surface area contributed by atoms with Crippen molar-refractivity contribution in [3.8, 4) is 0 Å². The summed E-state index contributed by atoms with van der Waals surface area (Å²) >= 11 is 5.15. The molecule has 0 atom stereocenters. The van der Waals surface area contributed by atoms with Crippen molar-refractivity contribution >= 4 is 28.9 Å². The number of benzene rings is 2. The van der Waals surface area contributed by atoms with Gasteiger partial charge in [0.15, 0.2) is 5.11 Å². The predicted octanol–water partition coefficient (Wildman–Crippen LogP) is 4.08. The van der Waals surface area contributed by atoms with Crippen LogP contribution in [-0.2, 0) is 0 Å². The van der Waals surface area contributed by atoms with E-state index in [1.54, 1.807) is 30.3 Å². The highest BCUT2D eigenvalue weighted by Gasteiger charge is 2.11. The number of carbonyl (C=O) groups is 1. The largest absolute Gasteiger partial charge is 0.332 e. The Morgan fingerprint density at radius 3 is 2.45 bits per heavy atom. The first kappa shape index (κ1) is 16.1. The van der Waals surface area contributed by atoms with E-state index in [4.69, 9.17) is 12.2 Å². The van der Waals surface area contributed by atoms with Gasteiger partial charge in [-0.25, -0.2) is 4.39 Å². The van der Waals surface area contributed by atoms with Gasteiger partial charge in [0, 0.05) is 11.3 Å². The van der Waals surface area contributed by atoms with Crippen molar-refractivity contribution in [2.45, 2.75) is 19.8 Å². The standard InChI is InChI=1S/C17H17FN2OS/c1-11(2)14-10-13(18)8-9-15(14)19-17(22)20-16(21)12-6-4-3-5-7-12/h3-11H,1-2H3,(H2,19,20,21,22). The molecule has 114 valence electrons. The number of thiocarbonyl (C=S) groups is 1. The summed E-state index contributed by atoms with van der Waals surface area (Å²) in [6.45, 7) is 3.93. The molecule has 0 spiro atoms. The summed E-state index contributed by atoms with van der Waals surface area (Å²) in [5.74, 6) is -0.453. The highest BCUT2D eigenvalue weighted by atomic mass is 32.1.